The SMILES string of the molecule is O=C(NCc1cccnc1)Nc1ccc(S(=O)(=O)Nc2ccc3c(c2)CNN3)cc1. The molecule has 30 heavy (non-hydrogen) atoms. The lowest BCUT2D eigenvalue weighted by molar-refractivity contribution is 0.251. The van der Waals surface area contributed by atoms with E-state index in [1.54, 1.807) is 30.6 Å². The van der Waals surface area contributed by atoms with E-state index in [2.05, 4.69) is 31.2 Å². The van der Waals surface area contributed by atoms with Gasteiger partial charge in [0.1, 0.15) is 0 Å². The fourth-order valence-electron chi connectivity index (χ4n) is 2.95. The van der Waals surface area contributed by atoms with Crippen molar-refractivity contribution in [3.05, 3.63) is 78.1 Å². The number of aromatic nitrogens is 1. The van der Waals surface area contributed by atoms with Crippen molar-refractivity contribution in [1.82, 2.24) is 15.7 Å². The average molecular weight is 424 g/mol. The first kappa shape index (κ1) is 19.7. The van der Waals surface area contributed by atoms with Crippen LogP contribution in [-0.2, 0) is 23.1 Å². The maximum absolute atomic E-state index is 12.6. The number of nitrogens with one attached hydrogen (secondary N) is 5. The van der Waals surface area contributed by atoms with Gasteiger partial charge in [-0.1, -0.05) is 6.07 Å². The molecule has 2 amide bonds. The molecule has 0 atom stereocenters. The van der Waals surface area contributed by atoms with Crippen LogP contribution in [0.2, 0.25) is 0 Å². The number of rotatable bonds is 6. The summed E-state index contributed by atoms with van der Waals surface area (Å²) < 4.78 is 27.9. The summed E-state index contributed by atoms with van der Waals surface area (Å²) in [5.74, 6) is 0. The first-order chi connectivity index (χ1) is 14.5. The average Bonchev–Trinajstić information content (AvgIpc) is 3.21. The van der Waals surface area contributed by atoms with Crippen LogP contribution in [0.1, 0.15) is 11.1 Å². The van der Waals surface area contributed by atoms with Gasteiger partial charge in [-0.3, -0.25) is 9.71 Å². The highest BCUT2D eigenvalue weighted by atomic mass is 32.2. The van der Waals surface area contributed by atoms with Crippen LogP contribution in [0.5, 0.6) is 0 Å². The monoisotopic (exact) mass is 424 g/mol. The fraction of sp³-hybridized carbons (Fsp3) is 0.100. The van der Waals surface area contributed by atoms with Crippen molar-refractivity contribution < 1.29 is 13.2 Å². The molecule has 1 aliphatic rings. The molecule has 154 valence electrons. The molecule has 4 rings (SSSR count). The molecule has 10 heteroatoms. The van der Waals surface area contributed by atoms with Gasteiger partial charge in [0.15, 0.2) is 0 Å². The molecule has 1 aliphatic heterocycles. The molecule has 1 aromatic heterocycles. The van der Waals surface area contributed by atoms with E-state index < -0.39 is 16.1 Å². The minimum Gasteiger partial charge on any atom is -0.334 e. The zero-order valence-electron chi connectivity index (χ0n) is 15.8. The highest BCUT2D eigenvalue weighted by Gasteiger charge is 2.16. The van der Waals surface area contributed by atoms with E-state index in [9.17, 15) is 13.2 Å². The van der Waals surface area contributed by atoms with E-state index in [0.717, 1.165) is 16.8 Å². The molecular weight excluding hydrogens is 404 g/mol. The topological polar surface area (TPSA) is 124 Å². The summed E-state index contributed by atoms with van der Waals surface area (Å²) in [6.45, 7) is 0.954. The zero-order valence-corrected chi connectivity index (χ0v) is 16.7. The number of nitrogens with zero attached hydrogens (tertiary/aromatic N) is 1. The van der Waals surface area contributed by atoms with E-state index in [0.29, 0.717) is 24.5 Å². The summed E-state index contributed by atoms with van der Waals surface area (Å²) >= 11 is 0. The number of urea groups is 1. The number of anilines is 3. The van der Waals surface area contributed by atoms with E-state index in [4.69, 9.17) is 0 Å². The number of carbonyl (C=O) groups is 1. The predicted molar refractivity (Wildman–Crippen MR) is 114 cm³/mol. The zero-order chi connectivity index (χ0) is 21.0. The maximum atomic E-state index is 12.6. The Morgan fingerprint density at radius 3 is 2.63 bits per heavy atom. The molecule has 0 unspecified atom stereocenters. The van der Waals surface area contributed by atoms with Crippen molar-refractivity contribution in [2.45, 2.75) is 18.0 Å². The normalized spacial score (nSPS) is 12.5. The predicted octanol–water partition coefficient (Wildman–Crippen LogP) is 2.63. The second kappa shape index (κ2) is 8.39. The number of amides is 2. The number of fused-ring (bicyclic) bond motifs is 1. The van der Waals surface area contributed by atoms with Crippen LogP contribution in [0.3, 0.4) is 0 Å². The van der Waals surface area contributed by atoms with Gasteiger partial charge in [-0.05, 0) is 59.7 Å². The smallest absolute Gasteiger partial charge is 0.319 e. The number of carbonyl (C=O) groups excluding carboxylic acids is 1. The molecule has 0 saturated heterocycles. The molecule has 0 aliphatic carbocycles. The number of sulfonamides is 1. The van der Waals surface area contributed by atoms with E-state index in [-0.39, 0.29) is 4.90 Å². The van der Waals surface area contributed by atoms with Gasteiger partial charge in [0.05, 0.1) is 10.6 Å². The van der Waals surface area contributed by atoms with Crippen molar-refractivity contribution in [3.63, 3.8) is 0 Å². The van der Waals surface area contributed by atoms with Gasteiger partial charge >= 0.3 is 6.03 Å². The van der Waals surface area contributed by atoms with Crippen LogP contribution in [0.25, 0.3) is 0 Å². The molecular formula is C20H20N6O3S. The maximum Gasteiger partial charge on any atom is 0.319 e. The third-order valence-electron chi connectivity index (χ3n) is 4.46. The largest absolute Gasteiger partial charge is 0.334 e. The van der Waals surface area contributed by atoms with Crippen LogP contribution >= 0.6 is 0 Å². The molecule has 2 heterocycles. The lowest BCUT2D eigenvalue weighted by Gasteiger charge is -2.11. The Balaban J connectivity index is 1.36. The fourth-order valence-corrected chi connectivity index (χ4v) is 4.00. The van der Waals surface area contributed by atoms with Crippen molar-refractivity contribution in [3.8, 4) is 0 Å². The Kier molecular flexibility index (Phi) is 5.50. The Morgan fingerprint density at radius 1 is 1.07 bits per heavy atom. The van der Waals surface area contributed by atoms with E-state index >= 15 is 0 Å². The molecule has 0 bridgehead atoms. The summed E-state index contributed by atoms with van der Waals surface area (Å²) in [6.07, 6.45) is 3.33. The highest BCUT2D eigenvalue weighted by Crippen LogP contribution is 2.25. The molecule has 2 aromatic carbocycles. The summed E-state index contributed by atoms with van der Waals surface area (Å²) in [5.41, 5.74) is 9.71. The van der Waals surface area contributed by atoms with Crippen LogP contribution in [0.15, 0.2) is 71.9 Å². The quantitative estimate of drug-likeness (QED) is 0.414. The van der Waals surface area contributed by atoms with Gasteiger partial charge in [-0.15, -0.1) is 0 Å². The van der Waals surface area contributed by atoms with Crippen LogP contribution in [-0.4, -0.2) is 19.4 Å². The third kappa shape index (κ3) is 4.67. The first-order valence-corrected chi connectivity index (χ1v) is 10.7. The summed E-state index contributed by atoms with van der Waals surface area (Å²) in [7, 11) is -3.75. The number of hydrogen-bond donors (Lipinski definition) is 5. The minimum atomic E-state index is -3.75. The highest BCUT2D eigenvalue weighted by molar-refractivity contribution is 7.92. The van der Waals surface area contributed by atoms with Gasteiger partial charge < -0.3 is 16.1 Å². The van der Waals surface area contributed by atoms with Gasteiger partial charge in [0, 0.05) is 36.9 Å². The summed E-state index contributed by atoms with van der Waals surface area (Å²) in [6, 6.07) is 14.5. The minimum absolute atomic E-state index is 0.0977. The number of pyridine rings is 1. The van der Waals surface area contributed by atoms with E-state index in [1.807, 2.05) is 12.1 Å². The molecule has 9 nitrogen and oxygen atoms in total. The lowest BCUT2D eigenvalue weighted by Crippen LogP contribution is -2.28. The number of benzene rings is 2. The number of hydrazine groups is 1. The van der Waals surface area contributed by atoms with Gasteiger partial charge in [0.2, 0.25) is 0 Å². The summed E-state index contributed by atoms with van der Waals surface area (Å²) in [5, 5.41) is 5.38. The van der Waals surface area contributed by atoms with E-state index in [1.165, 1.54) is 24.3 Å². The van der Waals surface area contributed by atoms with Crippen molar-refractivity contribution in [2.24, 2.45) is 0 Å². The standard InChI is InChI=1S/C20H20N6O3S/c27-20(22-12-14-2-1-9-21-11-14)24-16-3-6-18(7-4-16)30(28,29)26-17-5-8-19-15(10-17)13-23-25-19/h1-11,23,25-26H,12-13H2,(H2,22,24,27). The second-order valence-corrected chi connectivity index (χ2v) is 8.33. The second-order valence-electron chi connectivity index (χ2n) is 6.65. The molecule has 5 N–H and O–H groups in total. The van der Waals surface area contributed by atoms with Crippen molar-refractivity contribution >= 4 is 33.1 Å². The van der Waals surface area contributed by atoms with Crippen LogP contribution < -0.4 is 26.2 Å². The van der Waals surface area contributed by atoms with Crippen molar-refractivity contribution in [1.29, 1.82) is 0 Å². The first-order valence-electron chi connectivity index (χ1n) is 9.18. The van der Waals surface area contributed by atoms with Crippen LogP contribution in [0.4, 0.5) is 21.9 Å². The Hall–Kier alpha value is -3.63. The third-order valence-corrected chi connectivity index (χ3v) is 5.85. The molecule has 0 fully saturated rings. The van der Waals surface area contributed by atoms with Crippen molar-refractivity contribution in [2.75, 3.05) is 15.5 Å². The van der Waals surface area contributed by atoms with Gasteiger partial charge in [-0.2, -0.15) is 0 Å². The molecule has 3 aromatic rings. The Morgan fingerprint density at radius 2 is 1.87 bits per heavy atom. The number of hydrogen-bond acceptors (Lipinski definition) is 6. The Bertz CT molecular complexity index is 1150. The van der Waals surface area contributed by atoms with Gasteiger partial charge in [0.25, 0.3) is 10.0 Å². The summed E-state index contributed by atoms with van der Waals surface area (Å²) in [4.78, 5) is 16.1. The van der Waals surface area contributed by atoms with Crippen LogP contribution in [0, 0.1) is 0 Å². The molecule has 0 saturated carbocycles. The Labute approximate surface area is 173 Å². The molecule has 0 spiro atoms. The van der Waals surface area contributed by atoms with Gasteiger partial charge in [-0.25, -0.2) is 18.6 Å². The molecule has 0 radical (unpaired) electrons. The lowest BCUT2D eigenvalue weighted by atomic mass is 10.2.